The molecule has 42 heavy (non-hydrogen) atoms. The van der Waals surface area contributed by atoms with E-state index in [1.807, 2.05) is 79.5 Å². The number of amidine groups is 1. The summed E-state index contributed by atoms with van der Waals surface area (Å²) < 4.78 is 7.22. The van der Waals surface area contributed by atoms with Gasteiger partial charge in [-0.15, -0.1) is 0 Å². The van der Waals surface area contributed by atoms with Crippen LogP contribution in [0.15, 0.2) is 67.1 Å². The van der Waals surface area contributed by atoms with E-state index in [-0.39, 0.29) is 18.4 Å². The van der Waals surface area contributed by atoms with Crippen LogP contribution in [-0.2, 0) is 16.0 Å². The zero-order valence-electron chi connectivity index (χ0n) is 24.4. The van der Waals surface area contributed by atoms with E-state index < -0.39 is 0 Å². The van der Waals surface area contributed by atoms with Crippen LogP contribution in [0.25, 0.3) is 22.3 Å². The molecule has 0 aliphatic carbocycles. The second kappa shape index (κ2) is 13.3. The number of hydrogen-bond acceptors (Lipinski definition) is 6. The Hall–Kier alpha value is -4.66. The first kappa shape index (κ1) is 28.9. The zero-order chi connectivity index (χ0) is 29.5. The molecule has 1 radical (unpaired) electrons. The molecule has 3 N–H and O–H groups in total. The Morgan fingerprint density at radius 3 is 2.69 bits per heavy atom. The number of H-pyrrole nitrogens is 1. The number of amides is 1. The largest absolute Gasteiger partial charge is 0.497 e. The number of rotatable bonds is 14. The molecule has 0 saturated heterocycles. The average molecular weight is 567 g/mol. The summed E-state index contributed by atoms with van der Waals surface area (Å²) in [6, 6.07) is 15.5. The number of fused-ring (bicyclic) bond motifs is 1. The van der Waals surface area contributed by atoms with Gasteiger partial charge in [-0.2, -0.15) is 5.10 Å². The summed E-state index contributed by atoms with van der Waals surface area (Å²) in [6.07, 6.45) is 10.3. The van der Waals surface area contributed by atoms with Crippen molar-refractivity contribution in [2.45, 2.75) is 64.8 Å². The topological polar surface area (TPSA) is 115 Å². The molecule has 217 valence electrons. The normalized spacial score (nSPS) is 13.4. The number of carbonyl (C=O) groups excluding carboxylic acids is 2. The first-order valence-corrected chi connectivity index (χ1v) is 14.6. The maximum atomic E-state index is 13.4. The highest BCUT2D eigenvalue weighted by Crippen LogP contribution is 2.27. The molecule has 0 fully saturated rings. The number of aryl methyl sites for hydroxylation is 1. The second-order valence-corrected chi connectivity index (χ2v) is 10.6. The summed E-state index contributed by atoms with van der Waals surface area (Å²) in [5.41, 5.74) is 5.74. The van der Waals surface area contributed by atoms with Gasteiger partial charge in [0.05, 0.1) is 19.2 Å². The van der Waals surface area contributed by atoms with Gasteiger partial charge in [-0.3, -0.25) is 9.59 Å². The van der Waals surface area contributed by atoms with Crippen LogP contribution in [0.1, 0.15) is 62.3 Å². The lowest BCUT2D eigenvalue weighted by molar-refractivity contribution is -0.121. The number of carbonyl (C=O) groups is 2. The fourth-order valence-corrected chi connectivity index (χ4v) is 5.30. The van der Waals surface area contributed by atoms with E-state index in [2.05, 4.69) is 25.7 Å². The number of aromatic amines is 1. The number of ether oxygens (including phenoxy) is 1. The standard InChI is InChI=1S/C33H38N6O3/c1-4-25(40)9-6-5-7-10-30(37-32(41)20-27-22(2)36-29-16-15-26(42-3)19-28(27)29)33-34-21-31(38-33)23-11-13-24(14-12-23)39-18-8-17-35-39/h8,11-19,21,30,36,38H,4-7,9-10,20H2,1-3H3,(H,37,41)/q+1/t30-/m0/s1. The minimum absolute atomic E-state index is 0.0745. The summed E-state index contributed by atoms with van der Waals surface area (Å²) in [7, 11) is 1.64. The van der Waals surface area contributed by atoms with Crippen molar-refractivity contribution in [1.82, 2.24) is 30.4 Å². The Morgan fingerprint density at radius 2 is 1.95 bits per heavy atom. The molecule has 5 rings (SSSR count). The molecule has 1 aliphatic heterocycles. The minimum atomic E-state index is -0.281. The lowest BCUT2D eigenvalue weighted by Crippen LogP contribution is -2.47. The van der Waals surface area contributed by atoms with Crippen LogP contribution in [0, 0.1) is 6.92 Å². The highest BCUT2D eigenvalue weighted by molar-refractivity contribution is 6.00. The lowest BCUT2D eigenvalue weighted by Gasteiger charge is -2.16. The van der Waals surface area contributed by atoms with Gasteiger partial charge in [-0.1, -0.05) is 19.8 Å². The molecule has 0 spiro atoms. The number of aromatic nitrogens is 3. The van der Waals surface area contributed by atoms with Crippen LogP contribution >= 0.6 is 0 Å². The van der Waals surface area contributed by atoms with Crippen molar-refractivity contribution in [2.24, 2.45) is 0 Å². The summed E-state index contributed by atoms with van der Waals surface area (Å²) >= 11 is 0. The van der Waals surface area contributed by atoms with Crippen molar-refractivity contribution in [3.05, 3.63) is 83.9 Å². The van der Waals surface area contributed by atoms with Crippen LogP contribution in [-0.4, -0.2) is 45.4 Å². The number of Topliss-reactive ketones (excluding diaryl/α,β-unsaturated/α-hetero) is 1. The third-order valence-corrected chi connectivity index (χ3v) is 7.71. The Kier molecular flexibility index (Phi) is 9.16. The van der Waals surface area contributed by atoms with Crippen LogP contribution < -0.4 is 20.4 Å². The van der Waals surface area contributed by atoms with E-state index >= 15 is 0 Å². The molecule has 0 bridgehead atoms. The van der Waals surface area contributed by atoms with Gasteiger partial charge in [0.25, 0.3) is 0 Å². The number of methoxy groups -OCH3 is 1. The third-order valence-electron chi connectivity index (χ3n) is 7.71. The molecular weight excluding hydrogens is 528 g/mol. The fraction of sp³-hybridized carbons (Fsp3) is 0.333. The van der Waals surface area contributed by atoms with Crippen LogP contribution in [0.2, 0.25) is 0 Å². The van der Waals surface area contributed by atoms with Gasteiger partial charge in [-0.05, 0) is 78.9 Å². The van der Waals surface area contributed by atoms with Gasteiger partial charge in [-0.25, -0.2) is 10.00 Å². The molecule has 1 amide bonds. The smallest absolute Gasteiger partial charge is 0.319 e. The van der Waals surface area contributed by atoms with E-state index in [4.69, 9.17) is 4.74 Å². The number of benzene rings is 2. The predicted molar refractivity (Wildman–Crippen MR) is 165 cm³/mol. The summed E-state index contributed by atoms with van der Waals surface area (Å²) in [4.78, 5) is 33.2. The lowest BCUT2D eigenvalue weighted by atomic mass is 10.0. The molecule has 4 aromatic rings. The number of aliphatic imine (C=N–C) groups is 1. The molecule has 3 heterocycles. The first-order valence-electron chi connectivity index (χ1n) is 14.6. The molecule has 0 saturated carbocycles. The fourth-order valence-electron chi connectivity index (χ4n) is 5.30. The van der Waals surface area contributed by atoms with Crippen LogP contribution in [0.3, 0.4) is 0 Å². The molecule has 0 unspecified atom stereocenters. The summed E-state index contributed by atoms with van der Waals surface area (Å²) in [5, 5.41) is 12.0. The Labute approximate surface area is 246 Å². The molecule has 9 heteroatoms. The average Bonchev–Trinajstić information content (AvgIpc) is 3.78. The van der Waals surface area contributed by atoms with Gasteiger partial charge in [0.1, 0.15) is 17.6 Å². The zero-order valence-corrected chi connectivity index (χ0v) is 24.4. The number of hydrogen-bond donors (Lipinski definition) is 3. The van der Waals surface area contributed by atoms with Gasteiger partial charge < -0.3 is 15.0 Å². The molecule has 2 aromatic heterocycles. The van der Waals surface area contributed by atoms with Crippen LogP contribution in [0.4, 0.5) is 0 Å². The monoisotopic (exact) mass is 566 g/mol. The molecular formula is C33H38N6O3+. The maximum Gasteiger partial charge on any atom is 0.319 e. The molecule has 1 atom stereocenters. The summed E-state index contributed by atoms with van der Waals surface area (Å²) in [5.74, 6) is 1.69. The van der Waals surface area contributed by atoms with Crippen molar-refractivity contribution in [3.8, 4) is 11.4 Å². The summed E-state index contributed by atoms with van der Waals surface area (Å²) in [6.45, 7) is 3.89. The Morgan fingerprint density at radius 1 is 1.12 bits per heavy atom. The number of unbranched alkanes of at least 4 members (excludes halogenated alkanes) is 2. The highest BCUT2D eigenvalue weighted by atomic mass is 16.5. The van der Waals surface area contributed by atoms with Crippen LogP contribution in [0.5, 0.6) is 5.75 Å². The SMILES string of the molecule is CCC(=O)CCCCC[C@H](NC(=O)Cc1c(C)[nH]c2ccc(OC)cc12)C1=[N+]C=C(c2ccc(-n3cccn3)cc2)N1. The van der Waals surface area contributed by atoms with E-state index in [0.717, 1.165) is 76.4 Å². The van der Waals surface area contributed by atoms with Gasteiger partial charge in [0.2, 0.25) is 5.91 Å². The minimum Gasteiger partial charge on any atom is -0.497 e. The van der Waals surface area contributed by atoms with Crippen molar-refractivity contribution in [3.63, 3.8) is 0 Å². The number of nitrogens with one attached hydrogen (secondary N) is 3. The number of nitrogens with zero attached hydrogens (tertiary/aromatic N) is 3. The van der Waals surface area contributed by atoms with Crippen molar-refractivity contribution < 1.29 is 14.3 Å². The van der Waals surface area contributed by atoms with Crippen molar-refractivity contribution in [1.29, 1.82) is 0 Å². The maximum absolute atomic E-state index is 13.4. The first-order chi connectivity index (χ1) is 20.4. The van der Waals surface area contributed by atoms with Gasteiger partial charge in [0.15, 0.2) is 11.9 Å². The highest BCUT2D eigenvalue weighted by Gasteiger charge is 2.31. The van der Waals surface area contributed by atoms with E-state index in [9.17, 15) is 9.59 Å². The van der Waals surface area contributed by atoms with E-state index in [1.54, 1.807) is 13.3 Å². The van der Waals surface area contributed by atoms with Gasteiger partial charge in [0, 0.05) is 47.4 Å². The Balaban J connectivity index is 1.26. The predicted octanol–water partition coefficient (Wildman–Crippen LogP) is 4.96. The quantitative estimate of drug-likeness (QED) is 0.187. The van der Waals surface area contributed by atoms with E-state index in [0.29, 0.717) is 18.6 Å². The van der Waals surface area contributed by atoms with Crippen molar-refractivity contribution in [2.75, 3.05) is 7.11 Å². The third kappa shape index (κ3) is 6.79. The molecule has 1 aliphatic rings. The van der Waals surface area contributed by atoms with Crippen molar-refractivity contribution >= 4 is 34.1 Å². The second-order valence-electron chi connectivity index (χ2n) is 10.6. The van der Waals surface area contributed by atoms with Gasteiger partial charge >= 0.3 is 5.84 Å². The Bertz CT molecular complexity index is 1600. The molecule has 2 aromatic carbocycles. The molecule has 9 nitrogen and oxygen atoms in total. The number of ketones is 1. The van der Waals surface area contributed by atoms with E-state index in [1.165, 1.54) is 0 Å².